The highest BCUT2D eigenvalue weighted by atomic mass is 14.9. The average Bonchev–Trinajstić information content (AvgIpc) is 3.08. The van der Waals surface area contributed by atoms with Crippen LogP contribution in [0.5, 0.6) is 0 Å². The van der Waals surface area contributed by atoms with E-state index in [1.54, 1.807) is 0 Å². The lowest BCUT2D eigenvalue weighted by atomic mass is 9.78. The van der Waals surface area contributed by atoms with Gasteiger partial charge in [-0.3, -0.25) is 0 Å². The quantitative estimate of drug-likeness (QED) is 0.225. The summed E-state index contributed by atoms with van der Waals surface area (Å²) in [6.07, 6.45) is 0. The summed E-state index contributed by atoms with van der Waals surface area (Å²) < 4.78 is 0. The summed E-state index contributed by atoms with van der Waals surface area (Å²) in [5, 5.41) is 3.76. The minimum absolute atomic E-state index is 1.06. The lowest BCUT2D eigenvalue weighted by Crippen LogP contribution is -1.99. The van der Waals surface area contributed by atoms with Gasteiger partial charge in [0.05, 0.1) is 0 Å². The highest BCUT2D eigenvalue weighted by Gasteiger charge is 2.23. The molecule has 208 valence electrons. The summed E-state index contributed by atoms with van der Waals surface area (Å²) >= 11 is 0. The van der Waals surface area contributed by atoms with Crippen molar-refractivity contribution in [2.45, 2.75) is 6.92 Å². The largest absolute Gasteiger partial charge is 0.355 e. The van der Waals surface area contributed by atoms with E-state index in [1.807, 2.05) is 0 Å². The highest BCUT2D eigenvalue weighted by Crippen LogP contribution is 2.50. The Morgan fingerprint density at radius 2 is 0.795 bits per heavy atom. The third-order valence-corrected chi connectivity index (χ3v) is 8.80. The molecule has 0 fully saturated rings. The molecule has 0 amide bonds. The Labute approximate surface area is 259 Å². The topological polar surface area (TPSA) is 12.0 Å². The van der Waals surface area contributed by atoms with Crippen molar-refractivity contribution in [3.63, 3.8) is 0 Å². The maximum atomic E-state index is 3.76. The molecule has 0 saturated heterocycles. The van der Waals surface area contributed by atoms with Gasteiger partial charge < -0.3 is 5.32 Å². The maximum Gasteiger partial charge on any atom is 0.0464 e. The van der Waals surface area contributed by atoms with E-state index < -0.39 is 0 Å². The Kier molecular flexibility index (Phi) is 6.43. The number of aryl methyl sites for hydroxylation is 1. The van der Waals surface area contributed by atoms with Gasteiger partial charge in [0, 0.05) is 16.9 Å². The molecule has 1 nitrogen and oxygen atoms in total. The normalized spacial score (nSPS) is 11.3. The maximum absolute atomic E-state index is 3.76. The molecule has 1 aliphatic rings. The molecule has 0 heterocycles. The molecule has 0 atom stereocenters. The first-order chi connectivity index (χ1) is 21.8. The zero-order valence-corrected chi connectivity index (χ0v) is 24.6. The molecule has 0 spiro atoms. The van der Waals surface area contributed by atoms with Crippen LogP contribution in [0.1, 0.15) is 5.56 Å². The average molecular weight is 562 g/mol. The van der Waals surface area contributed by atoms with Gasteiger partial charge in [-0.1, -0.05) is 146 Å². The van der Waals surface area contributed by atoms with Gasteiger partial charge >= 0.3 is 0 Å². The molecule has 7 aromatic rings. The van der Waals surface area contributed by atoms with Crippen LogP contribution in [-0.4, -0.2) is 0 Å². The molecule has 1 N–H and O–H groups in total. The number of fused-ring (bicyclic) bond motifs is 8. The van der Waals surface area contributed by atoms with Crippen molar-refractivity contribution in [3.05, 3.63) is 169 Å². The monoisotopic (exact) mass is 561 g/mol. The first-order valence-corrected chi connectivity index (χ1v) is 15.2. The van der Waals surface area contributed by atoms with Gasteiger partial charge in [-0.25, -0.2) is 0 Å². The summed E-state index contributed by atoms with van der Waals surface area (Å²) in [5.74, 6) is 0. The number of benzene rings is 7. The van der Waals surface area contributed by atoms with Crippen molar-refractivity contribution < 1.29 is 0 Å². The number of hydrogen-bond acceptors (Lipinski definition) is 1. The Hall–Kier alpha value is -5.66. The number of hydrogen-bond donors (Lipinski definition) is 1. The Bertz CT molecular complexity index is 2160. The molecule has 0 bridgehead atoms. The van der Waals surface area contributed by atoms with E-state index in [2.05, 4.69) is 176 Å². The summed E-state index contributed by atoms with van der Waals surface area (Å²) in [4.78, 5) is 0. The van der Waals surface area contributed by atoms with Crippen LogP contribution in [-0.2, 0) is 0 Å². The van der Waals surface area contributed by atoms with Gasteiger partial charge in [0.15, 0.2) is 0 Å². The van der Waals surface area contributed by atoms with Crippen LogP contribution in [0, 0.1) is 6.92 Å². The fraction of sp³-hybridized carbons (Fsp3) is 0.0233. The van der Waals surface area contributed by atoms with E-state index in [-0.39, 0.29) is 0 Å². The van der Waals surface area contributed by atoms with Gasteiger partial charge in [-0.05, 0) is 91.9 Å². The summed E-state index contributed by atoms with van der Waals surface area (Å²) in [7, 11) is 0. The third kappa shape index (κ3) is 4.42. The molecular weight excluding hydrogens is 530 g/mol. The molecule has 0 radical (unpaired) electrons. The molecule has 0 saturated carbocycles. The minimum atomic E-state index is 1.06. The number of para-hydroxylation sites is 1. The van der Waals surface area contributed by atoms with Gasteiger partial charge in [0.1, 0.15) is 0 Å². The van der Waals surface area contributed by atoms with E-state index >= 15 is 0 Å². The lowest BCUT2D eigenvalue weighted by molar-refractivity contribution is 1.45. The number of nitrogens with one attached hydrogen (secondary N) is 1. The standard InChI is InChI=1S/C43H31N/c1-29-14-2-3-17-32(29)39-23-10-11-27-42(39)44-31-16-12-15-30(28-31)33-25-13-26-41-38-21-7-6-20-36(38)34-18-4-5-19-35(34)37-22-8-9-24-40(37)43(33)41/h2-28,44H,1H3. The zero-order valence-electron chi connectivity index (χ0n) is 24.6. The van der Waals surface area contributed by atoms with Crippen LogP contribution in [0.3, 0.4) is 0 Å². The molecule has 8 rings (SSSR count). The van der Waals surface area contributed by atoms with Crippen molar-refractivity contribution in [2.24, 2.45) is 0 Å². The van der Waals surface area contributed by atoms with Crippen molar-refractivity contribution in [1.29, 1.82) is 0 Å². The smallest absolute Gasteiger partial charge is 0.0464 e. The van der Waals surface area contributed by atoms with Crippen LogP contribution in [0.25, 0.3) is 66.8 Å². The predicted molar refractivity (Wildman–Crippen MR) is 187 cm³/mol. The zero-order chi connectivity index (χ0) is 29.5. The van der Waals surface area contributed by atoms with Crippen molar-refractivity contribution in [1.82, 2.24) is 0 Å². The molecule has 0 aromatic heterocycles. The van der Waals surface area contributed by atoms with Crippen molar-refractivity contribution >= 4 is 11.4 Å². The van der Waals surface area contributed by atoms with E-state index in [1.165, 1.54) is 72.3 Å². The van der Waals surface area contributed by atoms with Crippen LogP contribution in [0.4, 0.5) is 11.4 Å². The highest BCUT2D eigenvalue weighted by molar-refractivity contribution is 6.07. The summed E-state index contributed by atoms with van der Waals surface area (Å²) in [5.41, 5.74) is 18.3. The van der Waals surface area contributed by atoms with E-state index in [0.717, 1.165) is 11.4 Å². The second kappa shape index (κ2) is 10.9. The molecule has 7 aromatic carbocycles. The number of anilines is 2. The second-order valence-electron chi connectivity index (χ2n) is 11.4. The first-order valence-electron chi connectivity index (χ1n) is 15.2. The Balaban J connectivity index is 1.31. The van der Waals surface area contributed by atoms with E-state index in [4.69, 9.17) is 0 Å². The van der Waals surface area contributed by atoms with Crippen LogP contribution < -0.4 is 5.32 Å². The van der Waals surface area contributed by atoms with E-state index in [9.17, 15) is 0 Å². The number of rotatable bonds is 4. The molecule has 1 aliphatic carbocycles. The SMILES string of the molecule is Cc1ccccc1-c1ccccc1Nc1cccc(-c2cccc3c2-c2ccccc2-c2ccccc2-c2ccccc2-3)c1. The summed E-state index contributed by atoms with van der Waals surface area (Å²) in [6.45, 7) is 2.17. The van der Waals surface area contributed by atoms with Crippen LogP contribution >= 0.6 is 0 Å². The van der Waals surface area contributed by atoms with Crippen molar-refractivity contribution in [2.75, 3.05) is 5.32 Å². The molecule has 1 heteroatoms. The van der Waals surface area contributed by atoms with Crippen LogP contribution in [0.2, 0.25) is 0 Å². The molecule has 0 unspecified atom stereocenters. The molecule has 44 heavy (non-hydrogen) atoms. The predicted octanol–water partition coefficient (Wildman–Crippen LogP) is 12.1. The third-order valence-electron chi connectivity index (χ3n) is 8.80. The fourth-order valence-electron chi connectivity index (χ4n) is 6.77. The lowest BCUT2D eigenvalue weighted by Gasteiger charge is -2.25. The van der Waals surface area contributed by atoms with Gasteiger partial charge in [0.2, 0.25) is 0 Å². The van der Waals surface area contributed by atoms with Gasteiger partial charge in [-0.15, -0.1) is 0 Å². The minimum Gasteiger partial charge on any atom is -0.355 e. The summed E-state index contributed by atoms with van der Waals surface area (Å²) in [6, 6.07) is 59.2. The molecular formula is C43H31N. The second-order valence-corrected chi connectivity index (χ2v) is 11.4. The van der Waals surface area contributed by atoms with E-state index in [0.29, 0.717) is 0 Å². The molecule has 0 aliphatic heterocycles. The van der Waals surface area contributed by atoms with Crippen LogP contribution in [0.15, 0.2) is 164 Å². The van der Waals surface area contributed by atoms with Gasteiger partial charge in [0.25, 0.3) is 0 Å². The van der Waals surface area contributed by atoms with Crippen molar-refractivity contribution in [3.8, 4) is 66.8 Å². The van der Waals surface area contributed by atoms with Gasteiger partial charge in [-0.2, -0.15) is 0 Å². The Morgan fingerprint density at radius 3 is 1.45 bits per heavy atom. The fourth-order valence-corrected chi connectivity index (χ4v) is 6.77. The Morgan fingerprint density at radius 1 is 0.341 bits per heavy atom. The first kappa shape index (κ1) is 26.0.